The van der Waals surface area contributed by atoms with E-state index in [9.17, 15) is 0 Å². The van der Waals surface area contributed by atoms with Gasteiger partial charge in [-0.05, 0) is 18.8 Å². The monoisotopic (exact) mass is 310 g/mol. The second-order valence-electron chi connectivity index (χ2n) is 6.20. The molecule has 0 N–H and O–H groups in total. The molecule has 0 saturated heterocycles. The number of hydrogen-bond acceptors (Lipinski definition) is 2. The number of aromatic nitrogens is 4. The molecule has 4 nitrogen and oxygen atoms in total. The largest absolute Gasteiger partial charge is 0.312 e. The van der Waals surface area contributed by atoms with Crippen LogP contribution in [0.3, 0.4) is 0 Å². The minimum Gasteiger partial charge on any atom is -0.312 e. The number of fused-ring (bicyclic) bond motifs is 1. The lowest BCUT2D eigenvalue weighted by atomic mass is 10.1. The standard InChI is InChI=1S/C16H27ClN4/c1-5-8-13-15-16(20(4)19-13)21(14(11-17)18-15)10-7-6-9-12(2)3/h12H,5-11H2,1-4H3. The summed E-state index contributed by atoms with van der Waals surface area (Å²) in [6.07, 6.45) is 5.76. The van der Waals surface area contributed by atoms with Crippen LogP contribution in [0.25, 0.3) is 11.2 Å². The summed E-state index contributed by atoms with van der Waals surface area (Å²) in [7, 11) is 2.01. The molecule has 0 aromatic carbocycles. The number of aryl methyl sites for hydroxylation is 3. The van der Waals surface area contributed by atoms with Crippen molar-refractivity contribution in [3.8, 4) is 0 Å². The molecule has 118 valence electrons. The molecule has 0 spiro atoms. The third kappa shape index (κ3) is 3.60. The van der Waals surface area contributed by atoms with Crippen molar-refractivity contribution >= 4 is 22.8 Å². The van der Waals surface area contributed by atoms with E-state index < -0.39 is 0 Å². The Morgan fingerprint density at radius 1 is 1.24 bits per heavy atom. The summed E-state index contributed by atoms with van der Waals surface area (Å²) in [6, 6.07) is 0. The van der Waals surface area contributed by atoms with Gasteiger partial charge in [0.2, 0.25) is 0 Å². The number of nitrogens with zero attached hydrogens (tertiary/aromatic N) is 4. The molecule has 2 rings (SSSR count). The van der Waals surface area contributed by atoms with Crippen LogP contribution in [-0.4, -0.2) is 19.3 Å². The first kappa shape index (κ1) is 16.3. The van der Waals surface area contributed by atoms with Gasteiger partial charge in [-0.25, -0.2) is 4.98 Å². The van der Waals surface area contributed by atoms with E-state index >= 15 is 0 Å². The molecule has 2 aromatic rings. The highest BCUT2D eigenvalue weighted by Gasteiger charge is 2.18. The normalized spacial score (nSPS) is 11.9. The molecule has 5 heteroatoms. The van der Waals surface area contributed by atoms with Crippen LogP contribution in [0.2, 0.25) is 0 Å². The second-order valence-corrected chi connectivity index (χ2v) is 6.46. The summed E-state index contributed by atoms with van der Waals surface area (Å²) in [4.78, 5) is 4.73. The maximum atomic E-state index is 6.09. The minimum atomic E-state index is 0.463. The quantitative estimate of drug-likeness (QED) is 0.538. The van der Waals surface area contributed by atoms with Crippen molar-refractivity contribution in [2.24, 2.45) is 13.0 Å². The van der Waals surface area contributed by atoms with Gasteiger partial charge in [-0.3, -0.25) is 4.68 Å². The van der Waals surface area contributed by atoms with Gasteiger partial charge >= 0.3 is 0 Å². The van der Waals surface area contributed by atoms with Gasteiger partial charge in [0, 0.05) is 13.6 Å². The molecular weight excluding hydrogens is 284 g/mol. The van der Waals surface area contributed by atoms with Crippen molar-refractivity contribution in [1.29, 1.82) is 0 Å². The van der Waals surface area contributed by atoms with E-state index in [4.69, 9.17) is 16.6 Å². The fourth-order valence-electron chi connectivity index (χ4n) is 2.85. The van der Waals surface area contributed by atoms with E-state index in [1.54, 1.807) is 0 Å². The molecule has 0 aliphatic carbocycles. The Bertz CT molecular complexity index is 583. The van der Waals surface area contributed by atoms with Crippen LogP contribution in [0.4, 0.5) is 0 Å². The fraction of sp³-hybridized carbons (Fsp3) is 0.750. The zero-order valence-corrected chi connectivity index (χ0v) is 14.4. The second kappa shape index (κ2) is 7.30. The summed E-state index contributed by atoms with van der Waals surface area (Å²) in [6.45, 7) is 7.71. The molecule has 2 heterocycles. The summed E-state index contributed by atoms with van der Waals surface area (Å²) in [5.74, 6) is 2.21. The lowest BCUT2D eigenvalue weighted by molar-refractivity contribution is 0.506. The van der Waals surface area contributed by atoms with Crippen LogP contribution in [0.1, 0.15) is 58.0 Å². The first-order valence-electron chi connectivity index (χ1n) is 8.05. The molecule has 0 fully saturated rings. The van der Waals surface area contributed by atoms with Gasteiger partial charge in [0.1, 0.15) is 11.3 Å². The summed E-state index contributed by atoms with van der Waals surface area (Å²) >= 11 is 6.09. The number of rotatable bonds is 8. The van der Waals surface area contributed by atoms with Crippen molar-refractivity contribution in [2.45, 2.75) is 65.3 Å². The van der Waals surface area contributed by atoms with Crippen LogP contribution in [0.15, 0.2) is 0 Å². The van der Waals surface area contributed by atoms with Crippen LogP contribution in [0.5, 0.6) is 0 Å². The smallest absolute Gasteiger partial charge is 0.158 e. The lowest BCUT2D eigenvalue weighted by Crippen LogP contribution is -2.07. The molecular formula is C16H27ClN4. The van der Waals surface area contributed by atoms with Crippen molar-refractivity contribution in [3.05, 3.63) is 11.5 Å². The molecule has 0 amide bonds. The molecule has 2 aromatic heterocycles. The van der Waals surface area contributed by atoms with Gasteiger partial charge < -0.3 is 4.57 Å². The molecule has 0 atom stereocenters. The van der Waals surface area contributed by atoms with Crippen molar-refractivity contribution in [1.82, 2.24) is 19.3 Å². The third-order valence-electron chi connectivity index (χ3n) is 3.89. The molecule has 0 unspecified atom stereocenters. The predicted molar refractivity (Wildman–Crippen MR) is 88.7 cm³/mol. The fourth-order valence-corrected chi connectivity index (χ4v) is 3.06. The Balaban J connectivity index is 2.24. The van der Waals surface area contributed by atoms with E-state index in [-0.39, 0.29) is 0 Å². The van der Waals surface area contributed by atoms with E-state index in [1.807, 2.05) is 11.7 Å². The maximum absolute atomic E-state index is 6.09. The van der Waals surface area contributed by atoms with Gasteiger partial charge in [0.15, 0.2) is 5.65 Å². The topological polar surface area (TPSA) is 35.6 Å². The van der Waals surface area contributed by atoms with E-state index in [2.05, 4.69) is 30.4 Å². The first-order chi connectivity index (χ1) is 10.1. The number of halogens is 1. The van der Waals surface area contributed by atoms with Crippen LogP contribution in [0, 0.1) is 5.92 Å². The zero-order chi connectivity index (χ0) is 15.4. The summed E-state index contributed by atoms with van der Waals surface area (Å²) < 4.78 is 4.22. The average Bonchev–Trinajstić information content (AvgIpc) is 2.94. The van der Waals surface area contributed by atoms with Crippen molar-refractivity contribution in [3.63, 3.8) is 0 Å². The highest BCUT2D eigenvalue weighted by Crippen LogP contribution is 2.22. The third-order valence-corrected chi connectivity index (χ3v) is 4.13. The molecule has 0 radical (unpaired) electrons. The highest BCUT2D eigenvalue weighted by molar-refractivity contribution is 6.16. The minimum absolute atomic E-state index is 0.463. The first-order valence-corrected chi connectivity index (χ1v) is 8.58. The summed E-state index contributed by atoms with van der Waals surface area (Å²) in [5, 5.41) is 4.62. The van der Waals surface area contributed by atoms with Gasteiger partial charge in [0.25, 0.3) is 0 Å². The molecule has 21 heavy (non-hydrogen) atoms. The van der Waals surface area contributed by atoms with Gasteiger partial charge in [0.05, 0.1) is 11.6 Å². The van der Waals surface area contributed by atoms with Crippen LogP contribution >= 0.6 is 11.6 Å². The number of alkyl halides is 1. The van der Waals surface area contributed by atoms with Crippen LogP contribution in [-0.2, 0) is 25.9 Å². The number of unbranched alkanes of at least 4 members (excludes halogenated alkanes) is 1. The lowest BCUT2D eigenvalue weighted by Gasteiger charge is -2.09. The maximum Gasteiger partial charge on any atom is 0.158 e. The molecule has 0 bridgehead atoms. The Hall–Kier alpha value is -1.03. The molecule has 0 aliphatic heterocycles. The highest BCUT2D eigenvalue weighted by atomic mass is 35.5. The number of hydrogen-bond donors (Lipinski definition) is 0. The molecule has 0 saturated carbocycles. The SMILES string of the molecule is CCCc1nn(C)c2c1nc(CCl)n2CCCCC(C)C. The zero-order valence-electron chi connectivity index (χ0n) is 13.7. The predicted octanol–water partition coefficient (Wildman–Crippen LogP) is 4.29. The number of imidazole rings is 1. The Kier molecular flexibility index (Phi) is 5.68. The Labute approximate surface area is 132 Å². The van der Waals surface area contributed by atoms with E-state index in [0.717, 1.165) is 48.0 Å². The van der Waals surface area contributed by atoms with E-state index in [1.165, 1.54) is 19.3 Å². The van der Waals surface area contributed by atoms with E-state index in [0.29, 0.717) is 5.88 Å². The van der Waals surface area contributed by atoms with Crippen molar-refractivity contribution < 1.29 is 0 Å². The van der Waals surface area contributed by atoms with Crippen LogP contribution < -0.4 is 0 Å². The van der Waals surface area contributed by atoms with Gasteiger partial charge in [-0.15, -0.1) is 11.6 Å². The van der Waals surface area contributed by atoms with Crippen molar-refractivity contribution in [2.75, 3.05) is 0 Å². The Morgan fingerprint density at radius 2 is 2.00 bits per heavy atom. The average molecular weight is 311 g/mol. The van der Waals surface area contributed by atoms with Gasteiger partial charge in [-0.2, -0.15) is 5.10 Å². The molecule has 0 aliphatic rings. The summed E-state index contributed by atoms with van der Waals surface area (Å²) in [5.41, 5.74) is 3.26. The Morgan fingerprint density at radius 3 is 2.62 bits per heavy atom. The van der Waals surface area contributed by atoms with Gasteiger partial charge in [-0.1, -0.05) is 40.0 Å².